The number of ether oxygens (including phenoxy) is 1. The third kappa shape index (κ3) is 0.999. The quantitative estimate of drug-likeness (QED) is 0.631. The number of aldehydes is 1. The minimum atomic E-state index is 0.0930. The second-order valence-corrected chi connectivity index (χ2v) is 4.50. The second kappa shape index (κ2) is 2.38. The van der Waals surface area contributed by atoms with E-state index in [-0.39, 0.29) is 5.60 Å². The molecule has 1 aromatic rings. The van der Waals surface area contributed by atoms with Crippen molar-refractivity contribution in [3.63, 3.8) is 0 Å². The van der Waals surface area contributed by atoms with Crippen molar-refractivity contribution < 1.29 is 9.53 Å². The normalized spacial score (nSPS) is 32.5. The van der Waals surface area contributed by atoms with E-state index in [2.05, 4.69) is 6.92 Å². The molecule has 1 fully saturated rings. The predicted molar refractivity (Wildman–Crippen MR) is 52.7 cm³/mol. The van der Waals surface area contributed by atoms with Gasteiger partial charge in [-0.3, -0.25) is 4.79 Å². The molecule has 0 saturated heterocycles. The maximum Gasteiger partial charge on any atom is 0.150 e. The molecular formula is C12H12O2. The highest BCUT2D eigenvalue weighted by Crippen LogP contribution is 2.53. The molecule has 0 N–H and O–H groups in total. The van der Waals surface area contributed by atoms with Crippen molar-refractivity contribution in [1.29, 1.82) is 0 Å². The molecule has 1 aromatic carbocycles. The van der Waals surface area contributed by atoms with Crippen LogP contribution in [0.1, 0.15) is 29.3 Å². The van der Waals surface area contributed by atoms with Crippen molar-refractivity contribution in [3.8, 4) is 5.75 Å². The van der Waals surface area contributed by atoms with Crippen LogP contribution in [0, 0.1) is 5.92 Å². The lowest BCUT2D eigenvalue weighted by atomic mass is 10.0. The topological polar surface area (TPSA) is 26.3 Å². The van der Waals surface area contributed by atoms with Crippen LogP contribution < -0.4 is 4.74 Å². The van der Waals surface area contributed by atoms with E-state index >= 15 is 0 Å². The molecule has 2 unspecified atom stereocenters. The van der Waals surface area contributed by atoms with Gasteiger partial charge in [-0.05, 0) is 43.5 Å². The van der Waals surface area contributed by atoms with Crippen molar-refractivity contribution in [2.24, 2.45) is 5.92 Å². The molecule has 3 rings (SSSR count). The molecular weight excluding hydrogens is 176 g/mol. The summed E-state index contributed by atoms with van der Waals surface area (Å²) in [7, 11) is 0. The number of carbonyl (C=O) groups excluding carboxylic acids is 1. The molecule has 1 heterocycles. The van der Waals surface area contributed by atoms with Gasteiger partial charge >= 0.3 is 0 Å². The van der Waals surface area contributed by atoms with Crippen LogP contribution in [0.15, 0.2) is 18.2 Å². The first-order valence-corrected chi connectivity index (χ1v) is 4.98. The van der Waals surface area contributed by atoms with Crippen molar-refractivity contribution in [2.75, 3.05) is 0 Å². The van der Waals surface area contributed by atoms with E-state index in [1.807, 2.05) is 18.2 Å². The van der Waals surface area contributed by atoms with Gasteiger partial charge in [-0.2, -0.15) is 0 Å². The van der Waals surface area contributed by atoms with Crippen LogP contribution in [0.3, 0.4) is 0 Å². The Labute approximate surface area is 82.9 Å². The number of carbonyl (C=O) groups is 1. The maximum atomic E-state index is 10.6. The average Bonchev–Trinajstić information content (AvgIpc) is 2.83. The first-order chi connectivity index (χ1) is 6.71. The van der Waals surface area contributed by atoms with Crippen molar-refractivity contribution in [1.82, 2.24) is 0 Å². The minimum Gasteiger partial charge on any atom is -0.487 e. The monoisotopic (exact) mass is 188 g/mol. The molecule has 1 aliphatic carbocycles. The highest BCUT2D eigenvalue weighted by atomic mass is 16.5. The van der Waals surface area contributed by atoms with Crippen LogP contribution in [0.5, 0.6) is 5.75 Å². The van der Waals surface area contributed by atoms with Gasteiger partial charge < -0.3 is 4.74 Å². The highest BCUT2D eigenvalue weighted by molar-refractivity contribution is 5.75. The van der Waals surface area contributed by atoms with E-state index in [9.17, 15) is 4.79 Å². The van der Waals surface area contributed by atoms with E-state index in [4.69, 9.17) is 4.74 Å². The fourth-order valence-electron chi connectivity index (χ4n) is 2.29. The van der Waals surface area contributed by atoms with Gasteiger partial charge in [0.1, 0.15) is 17.6 Å². The summed E-state index contributed by atoms with van der Waals surface area (Å²) < 4.78 is 5.88. The molecule has 0 aromatic heterocycles. The summed E-state index contributed by atoms with van der Waals surface area (Å²) in [6.45, 7) is 2.16. The number of rotatable bonds is 1. The summed E-state index contributed by atoms with van der Waals surface area (Å²) >= 11 is 0. The Kier molecular flexibility index (Phi) is 1.37. The first kappa shape index (κ1) is 8.04. The number of hydrogen-bond acceptors (Lipinski definition) is 2. The molecule has 0 spiro atoms. The third-order valence-corrected chi connectivity index (χ3v) is 3.39. The van der Waals surface area contributed by atoms with Crippen LogP contribution in [0.2, 0.25) is 0 Å². The van der Waals surface area contributed by atoms with E-state index in [0.717, 1.165) is 30.4 Å². The molecule has 2 aliphatic rings. The molecule has 2 atom stereocenters. The maximum absolute atomic E-state index is 10.6. The van der Waals surface area contributed by atoms with Gasteiger partial charge in [0.2, 0.25) is 0 Å². The molecule has 2 nitrogen and oxygen atoms in total. The van der Waals surface area contributed by atoms with Gasteiger partial charge in [0, 0.05) is 11.5 Å². The second-order valence-electron chi connectivity index (χ2n) is 4.50. The van der Waals surface area contributed by atoms with Gasteiger partial charge in [-0.1, -0.05) is 0 Å². The van der Waals surface area contributed by atoms with Gasteiger partial charge in [-0.15, -0.1) is 0 Å². The predicted octanol–water partition coefficient (Wildman–Crippen LogP) is 2.21. The van der Waals surface area contributed by atoms with Crippen molar-refractivity contribution in [3.05, 3.63) is 29.3 Å². The molecule has 72 valence electrons. The largest absolute Gasteiger partial charge is 0.487 e. The number of benzene rings is 1. The summed E-state index contributed by atoms with van der Waals surface area (Å²) in [4.78, 5) is 10.6. The SMILES string of the molecule is CC12CC1Cc1cc(C=O)ccc1O2. The molecule has 1 aliphatic heterocycles. The molecule has 1 saturated carbocycles. The molecule has 2 heteroatoms. The van der Waals surface area contributed by atoms with Gasteiger partial charge in [-0.25, -0.2) is 0 Å². The average molecular weight is 188 g/mol. The van der Waals surface area contributed by atoms with E-state index < -0.39 is 0 Å². The number of fused-ring (bicyclic) bond motifs is 2. The Balaban J connectivity index is 2.03. The highest BCUT2D eigenvalue weighted by Gasteiger charge is 2.55. The van der Waals surface area contributed by atoms with E-state index in [1.165, 1.54) is 5.56 Å². The summed E-state index contributed by atoms with van der Waals surface area (Å²) in [5, 5.41) is 0. The lowest BCUT2D eigenvalue weighted by Gasteiger charge is -2.23. The van der Waals surface area contributed by atoms with Gasteiger partial charge in [0.05, 0.1) is 0 Å². The van der Waals surface area contributed by atoms with Crippen molar-refractivity contribution >= 4 is 6.29 Å². The first-order valence-electron chi connectivity index (χ1n) is 4.98. The lowest BCUT2D eigenvalue weighted by molar-refractivity contribution is 0.112. The Morgan fingerprint density at radius 3 is 3.21 bits per heavy atom. The fraction of sp³-hybridized carbons (Fsp3) is 0.417. The zero-order chi connectivity index (χ0) is 9.76. The van der Waals surface area contributed by atoms with E-state index in [1.54, 1.807) is 0 Å². The standard InChI is InChI=1S/C12H12O2/c1-12-6-10(12)5-9-4-8(7-13)2-3-11(9)14-12/h2-4,7,10H,5-6H2,1H3. The molecule has 0 bridgehead atoms. The van der Waals surface area contributed by atoms with Gasteiger partial charge in [0.25, 0.3) is 0 Å². The van der Waals surface area contributed by atoms with Crippen molar-refractivity contribution in [2.45, 2.75) is 25.4 Å². The molecule has 0 radical (unpaired) electrons. The number of hydrogen-bond donors (Lipinski definition) is 0. The Morgan fingerprint density at radius 2 is 2.43 bits per heavy atom. The molecule has 14 heavy (non-hydrogen) atoms. The smallest absolute Gasteiger partial charge is 0.150 e. The van der Waals surface area contributed by atoms with Crippen LogP contribution in [-0.4, -0.2) is 11.9 Å². The minimum absolute atomic E-state index is 0.0930. The zero-order valence-electron chi connectivity index (χ0n) is 8.12. The summed E-state index contributed by atoms with van der Waals surface area (Å²) in [6, 6.07) is 5.68. The Bertz CT molecular complexity index is 411. The summed E-state index contributed by atoms with van der Waals surface area (Å²) in [5.41, 5.74) is 2.03. The van der Waals surface area contributed by atoms with Crippen LogP contribution in [0.4, 0.5) is 0 Å². The van der Waals surface area contributed by atoms with E-state index in [0.29, 0.717) is 5.92 Å². The van der Waals surface area contributed by atoms with Gasteiger partial charge in [0.15, 0.2) is 0 Å². The van der Waals surface area contributed by atoms with Crippen LogP contribution in [0.25, 0.3) is 0 Å². The van der Waals surface area contributed by atoms with Crippen LogP contribution >= 0.6 is 0 Å². The Hall–Kier alpha value is -1.31. The fourth-order valence-corrected chi connectivity index (χ4v) is 2.29. The lowest BCUT2D eigenvalue weighted by Crippen LogP contribution is -2.22. The summed E-state index contributed by atoms with van der Waals surface area (Å²) in [6.07, 6.45) is 3.10. The van der Waals surface area contributed by atoms with Crippen LogP contribution in [-0.2, 0) is 6.42 Å². The zero-order valence-corrected chi connectivity index (χ0v) is 8.12. The third-order valence-electron chi connectivity index (χ3n) is 3.39. The molecule has 0 amide bonds. The summed E-state index contributed by atoms with van der Waals surface area (Å²) in [5.74, 6) is 1.63. The Morgan fingerprint density at radius 1 is 1.57 bits per heavy atom.